The highest BCUT2D eigenvalue weighted by atomic mass is 32.2. The molecule has 2 aromatic heterocycles. The number of aromatic nitrogens is 5. The van der Waals surface area contributed by atoms with Gasteiger partial charge in [-0.2, -0.15) is 0 Å². The van der Waals surface area contributed by atoms with Gasteiger partial charge >= 0.3 is 0 Å². The second-order valence-electron chi connectivity index (χ2n) is 8.89. The second kappa shape index (κ2) is 9.38. The molecule has 1 atom stereocenters. The van der Waals surface area contributed by atoms with Crippen LogP contribution < -0.4 is 0 Å². The molecule has 2 heterocycles. The average Bonchev–Trinajstić information content (AvgIpc) is 3.46. The van der Waals surface area contributed by atoms with E-state index in [1.165, 1.54) is 29.5 Å². The summed E-state index contributed by atoms with van der Waals surface area (Å²) in [4.78, 5) is 10.4. The number of benzene rings is 2. The number of hydrogen-bond donors (Lipinski definition) is 0. The third kappa shape index (κ3) is 4.86. The molecule has 0 bridgehead atoms. The number of nitro benzene ring substituents is 1. The highest BCUT2D eigenvalue weighted by Crippen LogP contribution is 2.36. The van der Waals surface area contributed by atoms with E-state index in [9.17, 15) is 10.1 Å². The molecule has 0 spiro atoms. The first-order valence-corrected chi connectivity index (χ1v) is 11.8. The van der Waals surface area contributed by atoms with Gasteiger partial charge in [0.25, 0.3) is 5.69 Å². The van der Waals surface area contributed by atoms with Crippen molar-refractivity contribution in [3.05, 3.63) is 70.1 Å². The van der Waals surface area contributed by atoms with Gasteiger partial charge in [-0.05, 0) is 37.0 Å². The Hall–Kier alpha value is -3.53. The molecule has 1 unspecified atom stereocenters. The lowest BCUT2D eigenvalue weighted by Gasteiger charge is -2.19. The number of hydrogen-bond acceptors (Lipinski definition) is 8. The van der Waals surface area contributed by atoms with E-state index in [4.69, 9.17) is 4.42 Å². The first-order valence-electron chi connectivity index (χ1n) is 11.0. The molecule has 10 heteroatoms. The molecule has 0 radical (unpaired) electrons. The van der Waals surface area contributed by atoms with E-state index in [2.05, 4.69) is 76.9 Å². The van der Waals surface area contributed by atoms with Crippen molar-refractivity contribution in [3.63, 3.8) is 0 Å². The Balaban J connectivity index is 1.52. The van der Waals surface area contributed by atoms with Gasteiger partial charge in [-0.3, -0.25) is 10.1 Å². The number of non-ortho nitro benzene ring substituents is 1. The molecule has 0 aliphatic heterocycles. The van der Waals surface area contributed by atoms with E-state index in [1.807, 2.05) is 6.92 Å². The summed E-state index contributed by atoms with van der Waals surface area (Å²) in [5.74, 6) is 1.57. The molecule has 0 saturated heterocycles. The Labute approximate surface area is 201 Å². The topological polar surface area (TPSA) is 113 Å². The molecule has 0 amide bonds. The standard InChI is InChI=1S/C24H26N6O3S/c1-6-29-20(16-7-11-18(12-8-16)24(3,4)5)25-28-23(29)34-15(2)21-26-27-22(33-21)17-9-13-19(14-10-17)30(31)32/h7-15H,6H2,1-5H3. The Morgan fingerprint density at radius 1 is 1.00 bits per heavy atom. The van der Waals surface area contributed by atoms with Crippen LogP contribution in [0, 0.1) is 10.1 Å². The van der Waals surface area contributed by atoms with Gasteiger partial charge in [0.15, 0.2) is 11.0 Å². The zero-order chi connectivity index (χ0) is 24.5. The van der Waals surface area contributed by atoms with Crippen molar-refractivity contribution in [2.75, 3.05) is 0 Å². The first kappa shape index (κ1) is 23.6. The lowest BCUT2D eigenvalue weighted by molar-refractivity contribution is -0.384. The van der Waals surface area contributed by atoms with E-state index in [0.29, 0.717) is 17.3 Å². The average molecular weight is 479 g/mol. The molecule has 4 rings (SSSR count). The van der Waals surface area contributed by atoms with Gasteiger partial charge in [0.1, 0.15) is 0 Å². The second-order valence-corrected chi connectivity index (χ2v) is 10.2. The minimum Gasteiger partial charge on any atom is -0.419 e. The van der Waals surface area contributed by atoms with Gasteiger partial charge in [-0.15, -0.1) is 20.4 Å². The van der Waals surface area contributed by atoms with Crippen LogP contribution in [0.15, 0.2) is 58.1 Å². The molecule has 176 valence electrons. The van der Waals surface area contributed by atoms with Gasteiger partial charge in [0, 0.05) is 29.8 Å². The smallest absolute Gasteiger partial charge is 0.269 e. The molecule has 0 aliphatic carbocycles. The first-order chi connectivity index (χ1) is 16.2. The molecule has 34 heavy (non-hydrogen) atoms. The molecule has 2 aromatic carbocycles. The van der Waals surface area contributed by atoms with Crippen molar-refractivity contribution < 1.29 is 9.34 Å². The molecular weight excluding hydrogens is 452 g/mol. The molecule has 4 aromatic rings. The van der Waals surface area contributed by atoms with Gasteiger partial charge in [-0.1, -0.05) is 56.8 Å². The zero-order valence-electron chi connectivity index (χ0n) is 19.7. The largest absolute Gasteiger partial charge is 0.419 e. The van der Waals surface area contributed by atoms with E-state index in [0.717, 1.165) is 23.1 Å². The Bertz CT molecular complexity index is 1290. The molecule has 0 fully saturated rings. The highest BCUT2D eigenvalue weighted by Gasteiger charge is 2.22. The lowest BCUT2D eigenvalue weighted by Crippen LogP contribution is -2.10. The third-order valence-electron chi connectivity index (χ3n) is 5.44. The van der Waals surface area contributed by atoms with E-state index >= 15 is 0 Å². The van der Waals surface area contributed by atoms with Gasteiger partial charge in [-0.25, -0.2) is 0 Å². The van der Waals surface area contributed by atoms with Crippen LogP contribution >= 0.6 is 11.8 Å². The summed E-state index contributed by atoms with van der Waals surface area (Å²) in [5.41, 5.74) is 3.00. The Morgan fingerprint density at radius 2 is 1.65 bits per heavy atom. The summed E-state index contributed by atoms with van der Waals surface area (Å²) in [6.07, 6.45) is 0. The quantitative estimate of drug-likeness (QED) is 0.179. The predicted octanol–water partition coefficient (Wildman–Crippen LogP) is 6.07. The maximum absolute atomic E-state index is 10.9. The predicted molar refractivity (Wildman–Crippen MR) is 130 cm³/mol. The minimum atomic E-state index is -0.446. The minimum absolute atomic E-state index is 0.00941. The van der Waals surface area contributed by atoms with Crippen molar-refractivity contribution in [2.45, 2.75) is 57.0 Å². The third-order valence-corrected chi connectivity index (χ3v) is 6.51. The summed E-state index contributed by atoms with van der Waals surface area (Å²) in [6.45, 7) is 11.3. The fourth-order valence-corrected chi connectivity index (χ4v) is 4.39. The Kier molecular flexibility index (Phi) is 6.52. The SMILES string of the molecule is CCn1c(SC(C)c2nnc(-c3ccc([N+](=O)[O-])cc3)o2)nnc1-c1ccc(C(C)(C)C)cc1. The van der Waals surface area contributed by atoms with Gasteiger partial charge in [0.2, 0.25) is 11.8 Å². The summed E-state index contributed by atoms with van der Waals surface area (Å²) in [5, 5.41) is 28.6. The van der Waals surface area contributed by atoms with Crippen LogP contribution in [0.2, 0.25) is 0 Å². The van der Waals surface area contributed by atoms with E-state index < -0.39 is 4.92 Å². The van der Waals surface area contributed by atoms with Crippen molar-refractivity contribution in [2.24, 2.45) is 0 Å². The summed E-state index contributed by atoms with van der Waals surface area (Å²) >= 11 is 1.49. The number of thioether (sulfide) groups is 1. The van der Waals surface area contributed by atoms with Crippen molar-refractivity contribution >= 4 is 17.4 Å². The van der Waals surface area contributed by atoms with Crippen molar-refractivity contribution in [1.82, 2.24) is 25.0 Å². The maximum Gasteiger partial charge on any atom is 0.269 e. The normalized spacial score (nSPS) is 12.6. The van der Waals surface area contributed by atoms with Crippen LogP contribution in [-0.2, 0) is 12.0 Å². The van der Waals surface area contributed by atoms with Crippen molar-refractivity contribution in [1.29, 1.82) is 0 Å². The zero-order valence-corrected chi connectivity index (χ0v) is 20.5. The van der Waals surface area contributed by atoms with Crippen LogP contribution in [0.5, 0.6) is 0 Å². The van der Waals surface area contributed by atoms with Crippen LogP contribution in [0.25, 0.3) is 22.8 Å². The maximum atomic E-state index is 10.9. The monoisotopic (exact) mass is 478 g/mol. The van der Waals surface area contributed by atoms with Crippen LogP contribution in [-0.4, -0.2) is 29.9 Å². The summed E-state index contributed by atoms with van der Waals surface area (Å²) in [7, 11) is 0. The number of rotatable bonds is 7. The van der Waals surface area contributed by atoms with Gasteiger partial charge in [0.05, 0.1) is 10.2 Å². The Morgan fingerprint density at radius 3 is 2.24 bits per heavy atom. The lowest BCUT2D eigenvalue weighted by atomic mass is 9.87. The van der Waals surface area contributed by atoms with Crippen LogP contribution in [0.1, 0.15) is 51.3 Å². The summed E-state index contributed by atoms with van der Waals surface area (Å²) in [6, 6.07) is 14.5. The fourth-order valence-electron chi connectivity index (χ4n) is 3.44. The number of nitro groups is 1. The molecule has 0 saturated carbocycles. The van der Waals surface area contributed by atoms with Crippen molar-refractivity contribution in [3.8, 4) is 22.8 Å². The van der Waals surface area contributed by atoms with Crippen LogP contribution in [0.4, 0.5) is 5.69 Å². The van der Waals surface area contributed by atoms with E-state index in [1.54, 1.807) is 12.1 Å². The fraction of sp³-hybridized carbons (Fsp3) is 0.333. The van der Waals surface area contributed by atoms with E-state index in [-0.39, 0.29) is 16.4 Å². The van der Waals surface area contributed by atoms with Crippen LogP contribution in [0.3, 0.4) is 0 Å². The number of nitrogens with zero attached hydrogens (tertiary/aromatic N) is 6. The molecular formula is C24H26N6O3S. The summed E-state index contributed by atoms with van der Waals surface area (Å²) < 4.78 is 7.91. The molecule has 0 N–H and O–H groups in total. The molecule has 9 nitrogen and oxygen atoms in total. The highest BCUT2D eigenvalue weighted by molar-refractivity contribution is 7.99. The molecule has 0 aliphatic rings. The van der Waals surface area contributed by atoms with Gasteiger partial charge < -0.3 is 8.98 Å².